The Morgan fingerprint density at radius 3 is 1.50 bits per heavy atom. The molecular weight excluding hydrogens is 177 g/mol. The Labute approximate surface area is 65.8 Å². The molecule has 0 amide bonds. The summed E-state index contributed by atoms with van der Waals surface area (Å²) in [4.78, 5) is 0. The molecule has 0 saturated carbocycles. The number of hydrogen-bond donors (Lipinski definition) is 0. The van der Waals surface area contributed by atoms with Crippen molar-refractivity contribution in [2.45, 2.75) is 0 Å². The standard InChI is InChI=1S/C2H4O.Ba/c1-2-3-1;/h1-2H2;. The zero-order valence-corrected chi connectivity index (χ0v) is 6.97. The fraction of sp³-hybridized carbons (Fsp3) is 1.00. The summed E-state index contributed by atoms with van der Waals surface area (Å²) in [6.45, 7) is 2.00. The molecule has 1 aliphatic heterocycles. The molecule has 20 valence electrons. The zero-order chi connectivity index (χ0) is 2.12. The van der Waals surface area contributed by atoms with E-state index in [2.05, 4.69) is 4.74 Å². The van der Waals surface area contributed by atoms with Gasteiger partial charge in [-0.1, -0.05) is 0 Å². The van der Waals surface area contributed by atoms with Crippen LogP contribution in [0.25, 0.3) is 0 Å². The Balaban J connectivity index is 0.0000000900. The Kier molecular flexibility index (Phi) is 3.81. The van der Waals surface area contributed by atoms with Crippen LogP contribution in [-0.4, -0.2) is 62.1 Å². The van der Waals surface area contributed by atoms with Crippen molar-refractivity contribution >= 4 is 48.9 Å². The number of ether oxygens (including phenoxy) is 1. The minimum atomic E-state index is 0. The van der Waals surface area contributed by atoms with Crippen LogP contribution in [0.5, 0.6) is 0 Å². The van der Waals surface area contributed by atoms with Crippen molar-refractivity contribution in [1.29, 1.82) is 0 Å². The van der Waals surface area contributed by atoms with E-state index in [4.69, 9.17) is 0 Å². The largest absolute Gasteiger partial charge is 0.377 e. The molecule has 1 aliphatic rings. The first-order valence-electron chi connectivity index (χ1n) is 1.08. The average molecular weight is 181 g/mol. The Morgan fingerprint density at radius 2 is 1.50 bits per heavy atom. The smallest absolute Gasteiger partial charge is 0.0701 e. The molecule has 0 aliphatic carbocycles. The van der Waals surface area contributed by atoms with Crippen LogP contribution < -0.4 is 0 Å². The van der Waals surface area contributed by atoms with Crippen LogP contribution in [0.15, 0.2) is 0 Å². The number of rotatable bonds is 0. The molecule has 2 heteroatoms. The van der Waals surface area contributed by atoms with Crippen LogP contribution in [0.1, 0.15) is 0 Å². The van der Waals surface area contributed by atoms with Gasteiger partial charge in [0.25, 0.3) is 0 Å². The van der Waals surface area contributed by atoms with E-state index in [0.717, 1.165) is 13.2 Å². The quantitative estimate of drug-likeness (QED) is 0.367. The fourth-order valence-corrected chi connectivity index (χ4v) is 0. The molecule has 2 radical (unpaired) electrons. The van der Waals surface area contributed by atoms with Gasteiger partial charge in [-0.2, -0.15) is 0 Å². The topological polar surface area (TPSA) is 12.5 Å². The van der Waals surface area contributed by atoms with Crippen LogP contribution in [0.4, 0.5) is 0 Å². The first-order valence-corrected chi connectivity index (χ1v) is 1.08. The molecule has 0 unspecified atom stereocenters. The summed E-state index contributed by atoms with van der Waals surface area (Å²) < 4.78 is 4.50. The normalized spacial score (nSPS) is 18.0. The maximum Gasteiger partial charge on any atom is 0.0701 e. The summed E-state index contributed by atoms with van der Waals surface area (Å²) in [6.07, 6.45) is 0. The predicted octanol–water partition coefficient (Wildman–Crippen LogP) is -0.364. The first-order chi connectivity index (χ1) is 1.50. The van der Waals surface area contributed by atoms with Crippen molar-refractivity contribution in [2.24, 2.45) is 0 Å². The monoisotopic (exact) mass is 182 g/mol. The van der Waals surface area contributed by atoms with Crippen molar-refractivity contribution in [3.63, 3.8) is 0 Å². The van der Waals surface area contributed by atoms with E-state index in [9.17, 15) is 0 Å². The second kappa shape index (κ2) is 2.75. The molecule has 1 saturated heterocycles. The molecule has 0 spiro atoms. The molecule has 4 heavy (non-hydrogen) atoms. The van der Waals surface area contributed by atoms with Crippen molar-refractivity contribution in [2.75, 3.05) is 13.2 Å². The van der Waals surface area contributed by atoms with Crippen molar-refractivity contribution in [1.82, 2.24) is 0 Å². The van der Waals surface area contributed by atoms with E-state index in [0.29, 0.717) is 0 Å². The van der Waals surface area contributed by atoms with Gasteiger partial charge in [0, 0.05) is 48.9 Å². The van der Waals surface area contributed by atoms with Gasteiger partial charge in [-0.3, -0.25) is 0 Å². The summed E-state index contributed by atoms with van der Waals surface area (Å²) in [5.41, 5.74) is 0. The molecule has 0 atom stereocenters. The molecule has 1 fully saturated rings. The molecule has 0 bridgehead atoms. The Hall–Kier alpha value is 1.53. The minimum absolute atomic E-state index is 0. The van der Waals surface area contributed by atoms with Gasteiger partial charge in [-0.05, 0) is 0 Å². The second-order valence-electron chi connectivity index (χ2n) is 0.612. The summed E-state index contributed by atoms with van der Waals surface area (Å²) >= 11 is 0. The predicted molar refractivity (Wildman–Crippen MR) is 16.6 cm³/mol. The maximum absolute atomic E-state index is 4.50. The first kappa shape index (κ1) is 5.53. The second-order valence-corrected chi connectivity index (χ2v) is 0.612. The molecule has 0 aromatic carbocycles. The molecule has 0 N–H and O–H groups in total. The third kappa shape index (κ3) is 3.53. The SMILES string of the molecule is C1CO1.[Ba]. The van der Waals surface area contributed by atoms with Crippen molar-refractivity contribution in [3.05, 3.63) is 0 Å². The Bertz CT molecular complexity index is 10.8. The number of hydrogen-bond acceptors (Lipinski definition) is 1. The third-order valence-corrected chi connectivity index (χ3v) is 0.204. The van der Waals surface area contributed by atoms with Gasteiger partial charge in [0.1, 0.15) is 0 Å². The molecular formula is C2H4BaO. The molecule has 1 heterocycles. The molecule has 1 nitrogen and oxygen atoms in total. The maximum atomic E-state index is 4.50. The van der Waals surface area contributed by atoms with E-state index in [1.807, 2.05) is 0 Å². The van der Waals surface area contributed by atoms with Gasteiger partial charge in [-0.25, -0.2) is 0 Å². The molecule has 0 aromatic rings. The average Bonchev–Trinajstić information content (AvgIpc) is 1.46. The van der Waals surface area contributed by atoms with Gasteiger partial charge in [0.15, 0.2) is 0 Å². The van der Waals surface area contributed by atoms with E-state index >= 15 is 0 Å². The van der Waals surface area contributed by atoms with E-state index in [-0.39, 0.29) is 48.9 Å². The molecule has 0 aromatic heterocycles. The van der Waals surface area contributed by atoms with E-state index in [1.165, 1.54) is 0 Å². The third-order valence-electron chi connectivity index (χ3n) is 0.204. The van der Waals surface area contributed by atoms with Crippen molar-refractivity contribution in [3.8, 4) is 0 Å². The fourth-order valence-electron chi connectivity index (χ4n) is 0. The van der Waals surface area contributed by atoms with Gasteiger partial charge >= 0.3 is 0 Å². The molecule has 1 rings (SSSR count). The van der Waals surface area contributed by atoms with Crippen LogP contribution >= 0.6 is 0 Å². The van der Waals surface area contributed by atoms with Crippen LogP contribution in [0.3, 0.4) is 0 Å². The summed E-state index contributed by atoms with van der Waals surface area (Å²) in [5, 5.41) is 0. The van der Waals surface area contributed by atoms with Gasteiger partial charge < -0.3 is 4.74 Å². The van der Waals surface area contributed by atoms with Crippen molar-refractivity contribution < 1.29 is 4.74 Å². The summed E-state index contributed by atoms with van der Waals surface area (Å²) in [5.74, 6) is 0. The van der Waals surface area contributed by atoms with E-state index in [1.54, 1.807) is 0 Å². The Morgan fingerprint density at radius 1 is 1.25 bits per heavy atom. The van der Waals surface area contributed by atoms with E-state index < -0.39 is 0 Å². The van der Waals surface area contributed by atoms with Crippen LogP contribution in [0, 0.1) is 0 Å². The zero-order valence-electron chi connectivity index (χ0n) is 2.53. The summed E-state index contributed by atoms with van der Waals surface area (Å²) in [7, 11) is 0. The van der Waals surface area contributed by atoms with Gasteiger partial charge in [0.05, 0.1) is 13.2 Å². The van der Waals surface area contributed by atoms with Crippen LogP contribution in [0.2, 0.25) is 0 Å². The van der Waals surface area contributed by atoms with Gasteiger partial charge in [0.2, 0.25) is 0 Å². The minimum Gasteiger partial charge on any atom is -0.377 e. The summed E-state index contributed by atoms with van der Waals surface area (Å²) in [6, 6.07) is 0. The van der Waals surface area contributed by atoms with Crippen LogP contribution in [-0.2, 0) is 4.74 Å². The number of epoxide rings is 1. The van der Waals surface area contributed by atoms with Gasteiger partial charge in [-0.15, -0.1) is 0 Å².